The summed E-state index contributed by atoms with van der Waals surface area (Å²) >= 11 is 0. The number of benzene rings is 10. The second-order valence-electron chi connectivity index (χ2n) is 22.0. The third-order valence-electron chi connectivity index (χ3n) is 16.5. The van der Waals surface area contributed by atoms with Gasteiger partial charge in [-0.3, -0.25) is 0 Å². The van der Waals surface area contributed by atoms with E-state index in [4.69, 9.17) is 6.58 Å². The summed E-state index contributed by atoms with van der Waals surface area (Å²) < 4.78 is 2.34. The summed E-state index contributed by atoms with van der Waals surface area (Å²) in [6.45, 7) is 21.6. The molecule has 0 saturated heterocycles. The van der Waals surface area contributed by atoms with Gasteiger partial charge in [-0.25, -0.2) is 0 Å². The van der Waals surface area contributed by atoms with Crippen LogP contribution in [0.2, 0.25) is 0 Å². The van der Waals surface area contributed by atoms with Crippen LogP contribution in [-0.2, 0) is 0 Å². The molecule has 11 aromatic rings. The Bertz CT molecular complexity index is 4440. The molecule has 1 aliphatic rings. The van der Waals surface area contributed by atoms with Gasteiger partial charge in [0.25, 0.3) is 0 Å². The van der Waals surface area contributed by atoms with Gasteiger partial charge in [0.1, 0.15) is 0 Å². The predicted molar refractivity (Wildman–Crippen MR) is 376 cm³/mol. The lowest BCUT2D eigenvalue weighted by molar-refractivity contribution is 0.856. The molecule has 0 amide bonds. The SMILES string of the molecule is C=C/C=C\C(=C)N(/C=C/C=C(\C=C)c1ccc(-c2ccc3c(c2)c2ccccc2n3C(=C)CCC(=C)c2ccc(N(c3ccc(C4=CCC(c5ccccc5)C=C4)cc3)c3ccc(-c4ccc(-c5ccccc5)cc4)cc3)cc2)cc1)c1ccccc1. The quantitative estimate of drug-likeness (QED) is 0.0665. The second-order valence-corrected chi connectivity index (χ2v) is 22.0. The predicted octanol–water partition coefficient (Wildman–Crippen LogP) is 23.2. The van der Waals surface area contributed by atoms with E-state index in [2.05, 4.69) is 302 Å². The van der Waals surface area contributed by atoms with Crippen molar-refractivity contribution in [1.82, 2.24) is 4.57 Å². The molecule has 0 aliphatic heterocycles. The molecule has 1 unspecified atom stereocenters. The molecule has 1 atom stereocenters. The Morgan fingerprint density at radius 3 is 1.61 bits per heavy atom. The third-order valence-corrected chi connectivity index (χ3v) is 16.5. The fraction of sp³-hybridized carbons (Fsp3) is 0.0476. The summed E-state index contributed by atoms with van der Waals surface area (Å²) in [5.41, 5.74) is 23.5. The Hall–Kier alpha value is -11.0. The molecule has 10 aromatic carbocycles. The molecule has 1 aliphatic carbocycles. The minimum atomic E-state index is 0.395. The molecule has 12 rings (SSSR count). The number of allylic oxidation sites excluding steroid dienone is 13. The Labute approximate surface area is 513 Å². The summed E-state index contributed by atoms with van der Waals surface area (Å²) in [7, 11) is 0. The maximum atomic E-state index is 4.72. The van der Waals surface area contributed by atoms with Crippen LogP contribution in [0.25, 0.3) is 77.6 Å². The van der Waals surface area contributed by atoms with Gasteiger partial charge in [0, 0.05) is 57.0 Å². The van der Waals surface area contributed by atoms with E-state index in [1.165, 1.54) is 49.7 Å². The normalized spacial score (nSPS) is 13.2. The van der Waals surface area contributed by atoms with Gasteiger partial charge in [-0.15, -0.1) is 0 Å². The second kappa shape index (κ2) is 26.3. The number of para-hydroxylation sites is 2. The zero-order valence-corrected chi connectivity index (χ0v) is 49.1. The van der Waals surface area contributed by atoms with E-state index >= 15 is 0 Å². The van der Waals surface area contributed by atoms with Crippen LogP contribution in [0, 0.1) is 0 Å². The van der Waals surface area contributed by atoms with Gasteiger partial charge in [-0.1, -0.05) is 263 Å². The molecular weight excluding hydrogens is 1050 g/mol. The van der Waals surface area contributed by atoms with Gasteiger partial charge in [0.15, 0.2) is 0 Å². The average molecular weight is 1120 g/mol. The highest BCUT2D eigenvalue weighted by atomic mass is 15.1. The fourth-order valence-electron chi connectivity index (χ4n) is 11.8. The number of fused-ring (bicyclic) bond motifs is 3. The smallest absolute Gasteiger partial charge is 0.0538 e. The van der Waals surface area contributed by atoms with Crippen LogP contribution >= 0.6 is 0 Å². The van der Waals surface area contributed by atoms with Crippen molar-refractivity contribution in [2.24, 2.45) is 0 Å². The molecule has 1 heterocycles. The van der Waals surface area contributed by atoms with Crippen LogP contribution in [0.3, 0.4) is 0 Å². The first-order valence-electron chi connectivity index (χ1n) is 29.8. The zero-order chi connectivity index (χ0) is 59.5. The van der Waals surface area contributed by atoms with E-state index in [-0.39, 0.29) is 0 Å². The van der Waals surface area contributed by atoms with Gasteiger partial charge >= 0.3 is 0 Å². The molecule has 1 aromatic heterocycles. The molecule has 0 N–H and O–H groups in total. The van der Waals surface area contributed by atoms with E-state index in [0.29, 0.717) is 5.92 Å². The van der Waals surface area contributed by atoms with Gasteiger partial charge in [0.2, 0.25) is 0 Å². The van der Waals surface area contributed by atoms with Gasteiger partial charge in [0.05, 0.1) is 11.0 Å². The number of anilines is 4. The van der Waals surface area contributed by atoms with Gasteiger partial charge in [-0.2, -0.15) is 0 Å². The van der Waals surface area contributed by atoms with E-state index in [1.807, 2.05) is 48.7 Å². The van der Waals surface area contributed by atoms with E-state index < -0.39 is 0 Å². The van der Waals surface area contributed by atoms with Crippen LogP contribution in [0.5, 0.6) is 0 Å². The summed E-state index contributed by atoms with van der Waals surface area (Å²) in [6.07, 6.45) is 23.1. The first kappa shape index (κ1) is 56.5. The zero-order valence-electron chi connectivity index (χ0n) is 49.1. The average Bonchev–Trinajstić information content (AvgIpc) is 1.95. The fourth-order valence-corrected chi connectivity index (χ4v) is 11.8. The Morgan fingerprint density at radius 1 is 0.471 bits per heavy atom. The molecule has 0 fully saturated rings. The van der Waals surface area contributed by atoms with Gasteiger partial charge < -0.3 is 14.4 Å². The molecule has 3 heteroatoms. The van der Waals surface area contributed by atoms with Crippen LogP contribution in [0.15, 0.2) is 354 Å². The minimum absolute atomic E-state index is 0.395. The van der Waals surface area contributed by atoms with Crippen molar-refractivity contribution >= 4 is 67.0 Å². The number of hydrogen-bond donors (Lipinski definition) is 0. The third kappa shape index (κ3) is 12.6. The summed E-state index contributed by atoms with van der Waals surface area (Å²) in [6, 6.07) is 91.4. The Balaban J connectivity index is 0.754. The topological polar surface area (TPSA) is 11.4 Å². The van der Waals surface area contributed by atoms with E-state index in [9.17, 15) is 0 Å². The van der Waals surface area contributed by atoms with Crippen molar-refractivity contribution < 1.29 is 0 Å². The number of aromatic nitrogens is 1. The van der Waals surface area contributed by atoms with Crippen molar-refractivity contribution in [2.75, 3.05) is 9.80 Å². The molecule has 3 nitrogen and oxygen atoms in total. The van der Waals surface area contributed by atoms with Crippen molar-refractivity contribution in [3.05, 3.63) is 377 Å². The van der Waals surface area contributed by atoms with Crippen molar-refractivity contribution in [3.63, 3.8) is 0 Å². The van der Waals surface area contributed by atoms with Crippen molar-refractivity contribution in [2.45, 2.75) is 25.2 Å². The minimum Gasteiger partial charge on any atom is -0.318 e. The van der Waals surface area contributed by atoms with Crippen LogP contribution in [-0.4, -0.2) is 4.57 Å². The highest BCUT2D eigenvalue weighted by Gasteiger charge is 2.18. The molecule has 420 valence electrons. The maximum Gasteiger partial charge on any atom is 0.0538 e. The first-order valence-corrected chi connectivity index (χ1v) is 29.8. The maximum absolute atomic E-state index is 4.72. The molecule has 0 spiro atoms. The summed E-state index contributed by atoms with van der Waals surface area (Å²) in [5.74, 6) is 0.395. The molecule has 87 heavy (non-hydrogen) atoms. The molecule has 0 saturated carbocycles. The van der Waals surface area contributed by atoms with Crippen LogP contribution in [0.4, 0.5) is 22.7 Å². The largest absolute Gasteiger partial charge is 0.318 e. The highest BCUT2D eigenvalue weighted by Crippen LogP contribution is 2.40. The molecule has 0 radical (unpaired) electrons. The lowest BCUT2D eigenvalue weighted by Gasteiger charge is -2.26. The van der Waals surface area contributed by atoms with Crippen molar-refractivity contribution in [1.29, 1.82) is 0 Å². The molecule has 0 bridgehead atoms. The monoisotopic (exact) mass is 1120 g/mol. The molecular formula is C84H69N3. The first-order chi connectivity index (χ1) is 42.8. The van der Waals surface area contributed by atoms with Crippen molar-refractivity contribution in [3.8, 4) is 33.4 Å². The van der Waals surface area contributed by atoms with Crippen LogP contribution < -0.4 is 9.80 Å². The standard InChI is InChI=1S/C84H69N3/c1-6-8-21-62(4)85(77-27-16-11-17-28-77)59-20-26-64(7-2)68-33-43-75(44-34-68)76-51-58-84-82(60-76)81-29-18-19-30-83(81)86(84)63(5)32-31-61(3)65-45-52-78(53-46-65)87(79-54-47-73(48-55-79)71-39-35-69(36-40-71)66-22-12-9-13-23-66)80-56-49-74(50-57-80)72-41-37-70(38-42-72)67-24-14-10-15-25-67/h6-30,33-37,39-60,70H,1-5,31-32,38H2/b21-8-,59-20+,64-26+. The summed E-state index contributed by atoms with van der Waals surface area (Å²) in [5, 5.41) is 2.39. The van der Waals surface area contributed by atoms with Gasteiger partial charge in [-0.05, 0) is 170 Å². The number of hydrogen-bond acceptors (Lipinski definition) is 2. The van der Waals surface area contributed by atoms with E-state index in [0.717, 1.165) is 97.8 Å². The summed E-state index contributed by atoms with van der Waals surface area (Å²) in [4.78, 5) is 4.40. The lowest BCUT2D eigenvalue weighted by atomic mass is 9.88. The van der Waals surface area contributed by atoms with Crippen LogP contribution in [0.1, 0.15) is 47.4 Å². The number of nitrogens with zero attached hydrogens (tertiary/aromatic N) is 3. The Kier molecular flexibility index (Phi) is 17.1. The number of rotatable bonds is 21. The lowest BCUT2D eigenvalue weighted by Crippen LogP contribution is -2.12. The Morgan fingerprint density at radius 2 is 0.989 bits per heavy atom. The van der Waals surface area contributed by atoms with E-state index in [1.54, 1.807) is 6.08 Å². The highest BCUT2D eigenvalue weighted by molar-refractivity contribution is 6.11.